The van der Waals surface area contributed by atoms with Gasteiger partial charge in [0.1, 0.15) is 11.6 Å². The molecule has 22 heavy (non-hydrogen) atoms. The van der Waals surface area contributed by atoms with E-state index in [0.29, 0.717) is 18.9 Å². The van der Waals surface area contributed by atoms with Crippen LogP contribution in [0.1, 0.15) is 18.4 Å². The number of hydrogen-bond acceptors (Lipinski definition) is 4. The van der Waals surface area contributed by atoms with Crippen molar-refractivity contribution in [3.05, 3.63) is 54.2 Å². The number of rotatable bonds is 6. The van der Waals surface area contributed by atoms with Crippen LogP contribution < -0.4 is 10.6 Å². The maximum atomic E-state index is 13.0. The largest absolute Gasteiger partial charge is 0.367 e. The van der Waals surface area contributed by atoms with Crippen molar-refractivity contribution >= 4 is 11.7 Å². The van der Waals surface area contributed by atoms with E-state index in [9.17, 15) is 9.18 Å². The molecule has 6 heteroatoms. The van der Waals surface area contributed by atoms with Gasteiger partial charge in [-0.25, -0.2) is 9.37 Å². The first-order chi connectivity index (χ1) is 10.7. The second kappa shape index (κ2) is 6.09. The van der Waals surface area contributed by atoms with Gasteiger partial charge in [0, 0.05) is 25.5 Å². The fraction of sp³-hybridized carbons (Fsp3) is 0.312. The fourth-order valence-corrected chi connectivity index (χ4v) is 2.47. The molecule has 1 aromatic carbocycles. The van der Waals surface area contributed by atoms with Gasteiger partial charge in [-0.1, -0.05) is 12.1 Å². The summed E-state index contributed by atoms with van der Waals surface area (Å²) in [6.45, 7) is 1.07. The highest BCUT2D eigenvalue weighted by molar-refractivity contribution is 5.91. The average Bonchev–Trinajstić information content (AvgIpc) is 3.35. The van der Waals surface area contributed by atoms with Crippen molar-refractivity contribution in [3.8, 4) is 0 Å². The SMILES string of the molecule is O=C(NCCNc1cnccn1)C1(c2ccc(F)cc2)CC1. The lowest BCUT2D eigenvalue weighted by Gasteiger charge is -2.16. The van der Waals surface area contributed by atoms with Gasteiger partial charge in [0.15, 0.2) is 0 Å². The van der Waals surface area contributed by atoms with Crippen LogP contribution in [0.15, 0.2) is 42.9 Å². The van der Waals surface area contributed by atoms with E-state index in [-0.39, 0.29) is 11.7 Å². The molecule has 3 rings (SSSR count). The number of nitrogens with zero attached hydrogens (tertiary/aromatic N) is 2. The Balaban J connectivity index is 1.51. The Morgan fingerprint density at radius 2 is 1.95 bits per heavy atom. The Labute approximate surface area is 128 Å². The number of nitrogens with one attached hydrogen (secondary N) is 2. The van der Waals surface area contributed by atoms with Crippen LogP contribution in [0.2, 0.25) is 0 Å². The van der Waals surface area contributed by atoms with E-state index in [1.54, 1.807) is 30.7 Å². The van der Waals surface area contributed by atoms with Crippen LogP contribution in [-0.2, 0) is 10.2 Å². The highest BCUT2D eigenvalue weighted by Gasteiger charge is 2.50. The number of aromatic nitrogens is 2. The maximum Gasteiger partial charge on any atom is 0.230 e. The molecular weight excluding hydrogens is 283 g/mol. The van der Waals surface area contributed by atoms with E-state index in [1.807, 2.05) is 0 Å². The standard InChI is InChI=1S/C16H17FN4O/c17-13-3-1-12(2-4-13)16(5-6-16)15(22)21-10-9-20-14-11-18-7-8-19-14/h1-4,7-8,11H,5-6,9-10H2,(H,19,20)(H,21,22). The van der Waals surface area contributed by atoms with Crippen LogP contribution in [0.25, 0.3) is 0 Å². The third-order valence-corrected chi connectivity index (χ3v) is 3.86. The molecule has 0 aliphatic heterocycles. The van der Waals surface area contributed by atoms with Crippen molar-refractivity contribution in [2.75, 3.05) is 18.4 Å². The summed E-state index contributed by atoms with van der Waals surface area (Å²) in [6, 6.07) is 6.19. The van der Waals surface area contributed by atoms with Crippen LogP contribution in [0.5, 0.6) is 0 Å². The molecule has 1 aromatic heterocycles. The van der Waals surface area contributed by atoms with E-state index < -0.39 is 5.41 Å². The van der Waals surface area contributed by atoms with E-state index in [2.05, 4.69) is 20.6 Å². The van der Waals surface area contributed by atoms with Crippen molar-refractivity contribution in [1.29, 1.82) is 0 Å². The van der Waals surface area contributed by atoms with Crippen molar-refractivity contribution < 1.29 is 9.18 Å². The van der Waals surface area contributed by atoms with Gasteiger partial charge in [-0.3, -0.25) is 9.78 Å². The number of anilines is 1. The quantitative estimate of drug-likeness (QED) is 0.799. The highest BCUT2D eigenvalue weighted by atomic mass is 19.1. The van der Waals surface area contributed by atoms with Crippen LogP contribution in [-0.4, -0.2) is 29.0 Å². The fourth-order valence-electron chi connectivity index (χ4n) is 2.47. The molecule has 1 aliphatic rings. The number of hydrogen-bond donors (Lipinski definition) is 2. The van der Waals surface area contributed by atoms with Gasteiger partial charge in [0.25, 0.3) is 0 Å². The van der Waals surface area contributed by atoms with Gasteiger partial charge >= 0.3 is 0 Å². The zero-order valence-electron chi connectivity index (χ0n) is 12.1. The smallest absolute Gasteiger partial charge is 0.230 e. The molecule has 114 valence electrons. The van der Waals surface area contributed by atoms with E-state index in [0.717, 1.165) is 18.4 Å². The van der Waals surface area contributed by atoms with E-state index in [1.165, 1.54) is 12.1 Å². The summed E-state index contributed by atoms with van der Waals surface area (Å²) < 4.78 is 13.0. The first-order valence-corrected chi connectivity index (χ1v) is 7.25. The van der Waals surface area contributed by atoms with Gasteiger partial charge in [0.05, 0.1) is 11.6 Å². The highest BCUT2D eigenvalue weighted by Crippen LogP contribution is 2.48. The summed E-state index contributed by atoms with van der Waals surface area (Å²) in [5, 5.41) is 6.01. The predicted molar refractivity (Wildman–Crippen MR) is 80.8 cm³/mol. The monoisotopic (exact) mass is 300 g/mol. The molecule has 2 N–H and O–H groups in total. The summed E-state index contributed by atoms with van der Waals surface area (Å²) in [6.07, 6.45) is 6.45. The summed E-state index contributed by atoms with van der Waals surface area (Å²) in [4.78, 5) is 20.4. The van der Waals surface area contributed by atoms with Crippen molar-refractivity contribution in [3.63, 3.8) is 0 Å². The second-order valence-electron chi connectivity index (χ2n) is 5.36. The summed E-state index contributed by atoms with van der Waals surface area (Å²) in [5.74, 6) is 0.393. The molecule has 1 heterocycles. The molecule has 0 atom stereocenters. The van der Waals surface area contributed by atoms with Gasteiger partial charge in [-0.2, -0.15) is 0 Å². The number of amides is 1. The third kappa shape index (κ3) is 3.05. The lowest BCUT2D eigenvalue weighted by atomic mass is 9.95. The van der Waals surface area contributed by atoms with Crippen molar-refractivity contribution in [1.82, 2.24) is 15.3 Å². The third-order valence-electron chi connectivity index (χ3n) is 3.86. The molecular formula is C16H17FN4O. The lowest BCUT2D eigenvalue weighted by molar-refractivity contribution is -0.123. The van der Waals surface area contributed by atoms with Gasteiger partial charge in [0.2, 0.25) is 5.91 Å². The van der Waals surface area contributed by atoms with Gasteiger partial charge in [-0.05, 0) is 30.5 Å². The number of carbonyl (C=O) groups excluding carboxylic acids is 1. The molecule has 0 bridgehead atoms. The molecule has 0 radical (unpaired) electrons. The molecule has 1 amide bonds. The first kappa shape index (κ1) is 14.4. The molecule has 0 unspecified atom stereocenters. The summed E-state index contributed by atoms with van der Waals surface area (Å²) in [5.41, 5.74) is 0.411. The number of carbonyl (C=O) groups is 1. The average molecular weight is 300 g/mol. The van der Waals surface area contributed by atoms with Crippen LogP contribution in [0.3, 0.4) is 0 Å². The number of halogens is 1. The Morgan fingerprint density at radius 1 is 1.18 bits per heavy atom. The van der Waals surface area contributed by atoms with Gasteiger partial charge in [-0.15, -0.1) is 0 Å². The molecule has 5 nitrogen and oxygen atoms in total. The zero-order valence-corrected chi connectivity index (χ0v) is 12.1. The van der Waals surface area contributed by atoms with Crippen LogP contribution in [0.4, 0.5) is 10.2 Å². The van der Waals surface area contributed by atoms with E-state index in [4.69, 9.17) is 0 Å². The minimum Gasteiger partial charge on any atom is -0.367 e. The Kier molecular flexibility index (Phi) is 4.00. The van der Waals surface area contributed by atoms with Crippen molar-refractivity contribution in [2.45, 2.75) is 18.3 Å². The molecule has 1 aliphatic carbocycles. The molecule has 1 saturated carbocycles. The molecule has 0 spiro atoms. The Hall–Kier alpha value is -2.50. The van der Waals surface area contributed by atoms with Gasteiger partial charge < -0.3 is 10.6 Å². The molecule has 2 aromatic rings. The zero-order chi connectivity index (χ0) is 15.4. The van der Waals surface area contributed by atoms with Crippen LogP contribution >= 0.6 is 0 Å². The van der Waals surface area contributed by atoms with Crippen molar-refractivity contribution in [2.24, 2.45) is 0 Å². The Bertz CT molecular complexity index is 641. The number of benzene rings is 1. The molecule has 1 fully saturated rings. The normalized spacial score (nSPS) is 15.1. The minimum absolute atomic E-state index is 0.0000500. The predicted octanol–water partition coefficient (Wildman–Crippen LogP) is 1.88. The minimum atomic E-state index is -0.472. The topological polar surface area (TPSA) is 66.9 Å². The lowest BCUT2D eigenvalue weighted by Crippen LogP contribution is -2.37. The van der Waals surface area contributed by atoms with E-state index >= 15 is 0 Å². The molecule has 0 saturated heterocycles. The summed E-state index contributed by atoms with van der Waals surface area (Å²) >= 11 is 0. The maximum absolute atomic E-state index is 13.0. The summed E-state index contributed by atoms with van der Waals surface area (Å²) in [7, 11) is 0. The second-order valence-corrected chi connectivity index (χ2v) is 5.36. The first-order valence-electron chi connectivity index (χ1n) is 7.25. The Morgan fingerprint density at radius 3 is 2.59 bits per heavy atom. The van der Waals surface area contributed by atoms with Crippen LogP contribution in [0, 0.1) is 5.82 Å².